The van der Waals surface area contributed by atoms with E-state index in [0.29, 0.717) is 22.3 Å². The monoisotopic (exact) mass is 436 g/mol. The fourth-order valence-corrected chi connectivity index (χ4v) is 3.44. The molecule has 3 rings (SSSR count). The summed E-state index contributed by atoms with van der Waals surface area (Å²) in [4.78, 5) is 29.3. The number of rotatable bonds is 7. The van der Waals surface area contributed by atoms with Crippen LogP contribution in [0.15, 0.2) is 36.5 Å². The molecule has 0 atom stereocenters. The molecule has 0 radical (unpaired) electrons. The van der Waals surface area contributed by atoms with Crippen LogP contribution in [-0.4, -0.2) is 44.9 Å². The minimum atomic E-state index is -0.346. The first-order valence-corrected chi connectivity index (χ1v) is 10.4. The fraction of sp³-hybridized carbons (Fsp3) is 0.429. The number of carbonyl (C=O) groups is 2. The van der Waals surface area contributed by atoms with Crippen LogP contribution in [-0.2, 0) is 18.4 Å². The number of benzene rings is 1. The number of carbonyl (C=O) groups excluding carboxylic acids is 2. The Morgan fingerprint density at radius 2 is 1.93 bits per heavy atom. The second-order valence-corrected chi connectivity index (χ2v) is 8.46. The summed E-state index contributed by atoms with van der Waals surface area (Å²) in [5, 5.41) is 3.58. The maximum Gasteiger partial charge on any atom is 0.322 e. The van der Waals surface area contributed by atoms with Gasteiger partial charge in [-0.3, -0.25) is 4.79 Å². The Morgan fingerprint density at radius 3 is 2.48 bits per heavy atom. The van der Waals surface area contributed by atoms with E-state index in [1.807, 2.05) is 48.7 Å². The van der Waals surface area contributed by atoms with E-state index in [0.717, 1.165) is 18.5 Å². The van der Waals surface area contributed by atoms with Crippen LogP contribution in [0.5, 0.6) is 0 Å². The van der Waals surface area contributed by atoms with Crippen molar-refractivity contribution in [2.24, 2.45) is 7.05 Å². The maximum atomic E-state index is 13.1. The van der Waals surface area contributed by atoms with Gasteiger partial charge in [-0.05, 0) is 57.0 Å². The van der Waals surface area contributed by atoms with Crippen molar-refractivity contribution in [1.29, 1.82) is 0 Å². The van der Waals surface area contributed by atoms with Crippen LogP contribution < -0.4 is 5.32 Å². The van der Waals surface area contributed by atoms with Crippen LogP contribution in [0, 0.1) is 0 Å². The van der Waals surface area contributed by atoms with Crippen molar-refractivity contribution in [3.8, 4) is 0 Å². The number of amides is 3. The summed E-state index contributed by atoms with van der Waals surface area (Å²) >= 11 is 12.0. The van der Waals surface area contributed by atoms with Gasteiger partial charge in [-0.2, -0.15) is 0 Å². The molecule has 6 nitrogen and oxygen atoms in total. The first kappa shape index (κ1) is 21.5. The van der Waals surface area contributed by atoms with Gasteiger partial charge in [0.1, 0.15) is 6.54 Å². The number of hydrogen-bond donors (Lipinski definition) is 1. The molecular formula is C21H26Cl2N4O2. The number of nitrogens with zero attached hydrogens (tertiary/aromatic N) is 3. The summed E-state index contributed by atoms with van der Waals surface area (Å²) in [6, 6.07) is 8.64. The number of aromatic nitrogens is 1. The largest absolute Gasteiger partial charge is 0.353 e. The highest BCUT2D eigenvalue weighted by atomic mass is 35.5. The van der Waals surface area contributed by atoms with E-state index in [1.54, 1.807) is 18.2 Å². The highest BCUT2D eigenvalue weighted by Crippen LogP contribution is 2.29. The summed E-state index contributed by atoms with van der Waals surface area (Å²) in [5.41, 5.74) is 1.60. The van der Waals surface area contributed by atoms with Gasteiger partial charge >= 0.3 is 6.03 Å². The molecule has 29 heavy (non-hydrogen) atoms. The Balaban J connectivity index is 1.69. The normalized spacial score (nSPS) is 13.4. The van der Waals surface area contributed by atoms with Gasteiger partial charge in [0.05, 0.1) is 16.6 Å². The van der Waals surface area contributed by atoms with Crippen LogP contribution in [0.1, 0.15) is 32.4 Å². The molecule has 1 N–H and O–H groups in total. The molecular weight excluding hydrogens is 411 g/mol. The van der Waals surface area contributed by atoms with Crippen molar-refractivity contribution in [3.63, 3.8) is 0 Å². The number of halogens is 2. The number of aryl methyl sites for hydroxylation is 1. The van der Waals surface area contributed by atoms with Gasteiger partial charge in [0.15, 0.2) is 0 Å². The number of urea groups is 1. The molecule has 0 unspecified atom stereocenters. The molecule has 0 bridgehead atoms. The van der Waals surface area contributed by atoms with E-state index < -0.39 is 0 Å². The Morgan fingerprint density at radius 1 is 1.21 bits per heavy atom. The van der Waals surface area contributed by atoms with E-state index in [1.165, 1.54) is 4.90 Å². The lowest BCUT2D eigenvalue weighted by Crippen LogP contribution is -2.48. The third-order valence-corrected chi connectivity index (χ3v) is 5.79. The highest BCUT2D eigenvalue weighted by molar-refractivity contribution is 6.42. The van der Waals surface area contributed by atoms with Gasteiger partial charge in [0.25, 0.3) is 0 Å². The highest BCUT2D eigenvalue weighted by Gasteiger charge is 2.34. The van der Waals surface area contributed by atoms with Crippen LogP contribution in [0.25, 0.3) is 0 Å². The Hall–Kier alpha value is -2.18. The van der Waals surface area contributed by atoms with E-state index in [9.17, 15) is 9.59 Å². The summed E-state index contributed by atoms with van der Waals surface area (Å²) in [5.74, 6) is -0.0494. The lowest BCUT2D eigenvalue weighted by Gasteiger charge is -2.30. The van der Waals surface area contributed by atoms with Crippen LogP contribution in [0.3, 0.4) is 0 Å². The van der Waals surface area contributed by atoms with Crippen molar-refractivity contribution in [2.45, 2.75) is 45.3 Å². The van der Waals surface area contributed by atoms with Crippen molar-refractivity contribution < 1.29 is 9.59 Å². The predicted molar refractivity (Wildman–Crippen MR) is 116 cm³/mol. The summed E-state index contributed by atoms with van der Waals surface area (Å²) < 4.78 is 2.01. The third kappa shape index (κ3) is 5.46. The average Bonchev–Trinajstić information content (AvgIpc) is 3.42. The SMILES string of the molecule is CC(C)N(CC(=O)N(Cc1cccn1C)C1CC1)C(=O)Nc1ccc(Cl)c(Cl)c1. The standard InChI is InChI=1S/C21H26Cl2N4O2/c1-14(2)26(21(29)24-15-6-9-18(22)19(23)11-15)13-20(28)27(16-7-8-16)12-17-5-4-10-25(17)3/h4-6,9-11,14,16H,7-8,12-13H2,1-3H3,(H,24,29). The van der Waals surface area contributed by atoms with Gasteiger partial charge in [0, 0.05) is 36.7 Å². The quantitative estimate of drug-likeness (QED) is 0.679. The van der Waals surface area contributed by atoms with Gasteiger partial charge in [-0.15, -0.1) is 0 Å². The Labute approximate surface area is 181 Å². The molecule has 1 heterocycles. The third-order valence-electron chi connectivity index (χ3n) is 5.05. The predicted octanol–water partition coefficient (Wildman–Crippen LogP) is 4.77. The van der Waals surface area contributed by atoms with Crippen LogP contribution in [0.4, 0.5) is 10.5 Å². The minimum absolute atomic E-state index is 0.0196. The Kier molecular flexibility index (Phi) is 6.75. The molecule has 2 aromatic rings. The topological polar surface area (TPSA) is 57.6 Å². The lowest BCUT2D eigenvalue weighted by atomic mass is 10.3. The Bertz CT molecular complexity index is 893. The van der Waals surface area contributed by atoms with Crippen molar-refractivity contribution in [1.82, 2.24) is 14.4 Å². The molecule has 1 aliphatic rings. The second kappa shape index (κ2) is 9.09. The molecule has 1 aromatic carbocycles. The molecule has 1 fully saturated rings. The molecule has 0 saturated heterocycles. The van der Waals surface area contributed by atoms with Gasteiger partial charge in [0.2, 0.25) is 5.91 Å². The molecule has 0 spiro atoms. The molecule has 8 heteroatoms. The minimum Gasteiger partial charge on any atom is -0.353 e. The fourth-order valence-electron chi connectivity index (χ4n) is 3.14. The molecule has 156 valence electrons. The number of hydrogen-bond acceptors (Lipinski definition) is 2. The molecule has 1 aliphatic carbocycles. The van der Waals surface area contributed by atoms with Gasteiger partial charge in [-0.25, -0.2) is 4.79 Å². The smallest absolute Gasteiger partial charge is 0.322 e. The van der Waals surface area contributed by atoms with E-state index in [2.05, 4.69) is 5.32 Å². The lowest BCUT2D eigenvalue weighted by molar-refractivity contribution is -0.133. The zero-order chi connectivity index (χ0) is 21.1. The van der Waals surface area contributed by atoms with Crippen molar-refractivity contribution >= 4 is 40.8 Å². The molecule has 1 aromatic heterocycles. The number of nitrogens with one attached hydrogen (secondary N) is 1. The summed E-state index contributed by atoms with van der Waals surface area (Å²) in [7, 11) is 1.97. The van der Waals surface area contributed by atoms with Gasteiger partial charge < -0.3 is 19.7 Å². The second-order valence-electron chi connectivity index (χ2n) is 7.64. The van der Waals surface area contributed by atoms with Crippen molar-refractivity contribution in [3.05, 3.63) is 52.3 Å². The van der Waals surface area contributed by atoms with E-state index in [4.69, 9.17) is 23.2 Å². The molecule has 0 aliphatic heterocycles. The van der Waals surface area contributed by atoms with Crippen molar-refractivity contribution in [2.75, 3.05) is 11.9 Å². The van der Waals surface area contributed by atoms with Crippen LogP contribution in [0.2, 0.25) is 10.0 Å². The molecule has 3 amide bonds. The average molecular weight is 437 g/mol. The van der Waals surface area contributed by atoms with Crippen LogP contribution >= 0.6 is 23.2 Å². The van der Waals surface area contributed by atoms with Gasteiger partial charge in [-0.1, -0.05) is 23.2 Å². The number of anilines is 1. The first-order valence-electron chi connectivity index (χ1n) is 9.68. The summed E-state index contributed by atoms with van der Waals surface area (Å²) in [6.45, 7) is 4.35. The molecule has 1 saturated carbocycles. The first-order chi connectivity index (χ1) is 13.8. The zero-order valence-electron chi connectivity index (χ0n) is 16.9. The maximum absolute atomic E-state index is 13.1. The zero-order valence-corrected chi connectivity index (χ0v) is 18.4. The van der Waals surface area contributed by atoms with E-state index in [-0.39, 0.29) is 30.6 Å². The summed E-state index contributed by atoms with van der Waals surface area (Å²) in [6.07, 6.45) is 3.98. The van der Waals surface area contributed by atoms with E-state index >= 15 is 0 Å².